The quantitative estimate of drug-likeness (QED) is 0.535. The van der Waals surface area contributed by atoms with Crippen LogP contribution in [0.5, 0.6) is 0 Å². The van der Waals surface area contributed by atoms with Gasteiger partial charge in [0, 0.05) is 11.0 Å². The van der Waals surface area contributed by atoms with Crippen LogP contribution in [0.15, 0.2) is 22.5 Å². The van der Waals surface area contributed by atoms with Gasteiger partial charge < -0.3 is 4.74 Å². The second-order valence-corrected chi connectivity index (χ2v) is 5.88. The molecule has 0 radical (unpaired) electrons. The first-order chi connectivity index (χ1) is 6.13. The Morgan fingerprint density at radius 1 is 1.69 bits per heavy atom. The van der Waals surface area contributed by atoms with Crippen LogP contribution in [0, 0.1) is 0 Å². The van der Waals surface area contributed by atoms with Crippen LogP contribution < -0.4 is 0 Å². The molecular formula is C9H12O2S2. The molecule has 0 bridgehead atoms. The van der Waals surface area contributed by atoms with Crippen molar-refractivity contribution in [2.75, 3.05) is 6.61 Å². The SMILES string of the molecule is C=CC(=O)OCC1=C(C)SC(C)S1. The first kappa shape index (κ1) is 10.7. The minimum absolute atomic E-state index is 0.356. The maximum absolute atomic E-state index is 10.8. The minimum atomic E-state index is -0.356. The first-order valence-corrected chi connectivity index (χ1v) is 5.71. The summed E-state index contributed by atoms with van der Waals surface area (Å²) in [5.74, 6) is -0.356. The molecule has 1 heterocycles. The van der Waals surface area contributed by atoms with Crippen molar-refractivity contribution in [3.63, 3.8) is 0 Å². The lowest BCUT2D eigenvalue weighted by Gasteiger charge is -2.03. The fourth-order valence-electron chi connectivity index (χ4n) is 0.953. The van der Waals surface area contributed by atoms with Gasteiger partial charge in [-0.05, 0) is 18.8 Å². The Morgan fingerprint density at radius 3 is 2.85 bits per heavy atom. The van der Waals surface area contributed by atoms with E-state index >= 15 is 0 Å². The van der Waals surface area contributed by atoms with Gasteiger partial charge in [-0.25, -0.2) is 4.79 Å². The molecule has 1 atom stereocenters. The number of hydrogen-bond acceptors (Lipinski definition) is 4. The first-order valence-electron chi connectivity index (χ1n) is 3.95. The molecule has 4 heteroatoms. The van der Waals surface area contributed by atoms with Gasteiger partial charge in [0.25, 0.3) is 0 Å². The Labute approximate surface area is 86.8 Å². The standard InChI is InChI=1S/C9H12O2S2/c1-4-9(10)11-5-8-6(2)12-7(3)13-8/h4,7H,1,5H2,2-3H3. The van der Waals surface area contributed by atoms with Crippen molar-refractivity contribution in [3.05, 3.63) is 22.5 Å². The number of ether oxygens (including phenoxy) is 1. The van der Waals surface area contributed by atoms with Crippen LogP contribution in [0.3, 0.4) is 0 Å². The van der Waals surface area contributed by atoms with Crippen molar-refractivity contribution >= 4 is 29.5 Å². The minimum Gasteiger partial charge on any atom is -0.457 e. The molecule has 1 rings (SSSR count). The van der Waals surface area contributed by atoms with E-state index in [1.54, 1.807) is 11.8 Å². The zero-order valence-electron chi connectivity index (χ0n) is 7.70. The highest BCUT2D eigenvalue weighted by atomic mass is 32.2. The van der Waals surface area contributed by atoms with Crippen LogP contribution in [-0.4, -0.2) is 17.2 Å². The van der Waals surface area contributed by atoms with E-state index in [4.69, 9.17) is 4.74 Å². The molecule has 1 aliphatic heterocycles. The average Bonchev–Trinajstić information content (AvgIpc) is 2.41. The monoisotopic (exact) mass is 216 g/mol. The zero-order chi connectivity index (χ0) is 9.84. The number of allylic oxidation sites excluding steroid dienone is 1. The topological polar surface area (TPSA) is 26.3 Å². The van der Waals surface area contributed by atoms with Crippen LogP contribution in [0.25, 0.3) is 0 Å². The third-order valence-electron chi connectivity index (χ3n) is 1.56. The molecule has 0 aromatic carbocycles. The number of esters is 1. The molecule has 13 heavy (non-hydrogen) atoms. The molecule has 72 valence electrons. The van der Waals surface area contributed by atoms with Gasteiger partial charge >= 0.3 is 5.97 Å². The lowest BCUT2D eigenvalue weighted by Crippen LogP contribution is -2.02. The summed E-state index contributed by atoms with van der Waals surface area (Å²) < 4.78 is 5.48. The number of carbonyl (C=O) groups is 1. The average molecular weight is 216 g/mol. The van der Waals surface area contributed by atoms with E-state index in [1.807, 2.05) is 11.8 Å². The maximum atomic E-state index is 10.8. The van der Waals surface area contributed by atoms with Gasteiger partial charge in [0.1, 0.15) is 6.61 Å². The zero-order valence-corrected chi connectivity index (χ0v) is 9.33. The lowest BCUT2D eigenvalue weighted by atomic mass is 10.5. The molecule has 1 aliphatic rings. The molecule has 0 N–H and O–H groups in total. The molecule has 0 spiro atoms. The van der Waals surface area contributed by atoms with E-state index in [9.17, 15) is 4.79 Å². The van der Waals surface area contributed by atoms with Crippen molar-refractivity contribution in [1.29, 1.82) is 0 Å². The van der Waals surface area contributed by atoms with Crippen molar-refractivity contribution in [3.8, 4) is 0 Å². The summed E-state index contributed by atoms with van der Waals surface area (Å²) in [5.41, 5.74) is 0. The Balaban J connectivity index is 2.41. The summed E-state index contributed by atoms with van der Waals surface area (Å²) in [5, 5.41) is 0. The van der Waals surface area contributed by atoms with Crippen LogP contribution in [0.4, 0.5) is 0 Å². The maximum Gasteiger partial charge on any atom is 0.330 e. The van der Waals surface area contributed by atoms with Gasteiger partial charge in [0.05, 0.1) is 4.58 Å². The van der Waals surface area contributed by atoms with E-state index in [0.717, 1.165) is 4.91 Å². The van der Waals surface area contributed by atoms with Gasteiger partial charge in [0.2, 0.25) is 0 Å². The Hall–Kier alpha value is -0.350. The number of hydrogen-bond donors (Lipinski definition) is 0. The Bertz CT molecular complexity index is 258. The second-order valence-electron chi connectivity index (χ2n) is 2.59. The van der Waals surface area contributed by atoms with E-state index < -0.39 is 0 Å². The molecule has 1 unspecified atom stereocenters. The highest BCUT2D eigenvalue weighted by Crippen LogP contribution is 2.45. The van der Waals surface area contributed by atoms with Gasteiger partial charge in [-0.1, -0.05) is 6.58 Å². The highest BCUT2D eigenvalue weighted by molar-refractivity contribution is 8.23. The molecule has 0 aromatic heterocycles. The molecule has 0 aromatic rings. The highest BCUT2D eigenvalue weighted by Gasteiger charge is 2.19. The predicted octanol–water partition coefficient (Wildman–Crippen LogP) is 2.77. The number of rotatable bonds is 3. The van der Waals surface area contributed by atoms with Gasteiger partial charge in [-0.2, -0.15) is 0 Å². The van der Waals surface area contributed by atoms with Crippen molar-refractivity contribution < 1.29 is 9.53 Å². The van der Waals surface area contributed by atoms with Crippen LogP contribution in [0.2, 0.25) is 0 Å². The summed E-state index contributed by atoms with van der Waals surface area (Å²) in [4.78, 5) is 13.2. The summed E-state index contributed by atoms with van der Waals surface area (Å²) in [6, 6.07) is 0. The van der Waals surface area contributed by atoms with E-state index in [0.29, 0.717) is 11.2 Å². The smallest absolute Gasteiger partial charge is 0.330 e. The second kappa shape index (κ2) is 4.77. The third kappa shape index (κ3) is 3.12. The number of thioether (sulfide) groups is 2. The molecular weight excluding hydrogens is 204 g/mol. The Kier molecular flexibility index (Phi) is 3.93. The van der Waals surface area contributed by atoms with E-state index in [1.165, 1.54) is 11.0 Å². The Morgan fingerprint density at radius 2 is 2.38 bits per heavy atom. The predicted molar refractivity (Wildman–Crippen MR) is 58.5 cm³/mol. The summed E-state index contributed by atoms with van der Waals surface area (Å²) in [6.45, 7) is 7.92. The molecule has 0 fully saturated rings. The van der Waals surface area contributed by atoms with Crippen LogP contribution in [0.1, 0.15) is 13.8 Å². The lowest BCUT2D eigenvalue weighted by molar-refractivity contribution is -0.136. The fraction of sp³-hybridized carbons (Fsp3) is 0.444. The molecule has 0 saturated carbocycles. The van der Waals surface area contributed by atoms with Gasteiger partial charge in [-0.15, -0.1) is 23.5 Å². The van der Waals surface area contributed by atoms with Crippen molar-refractivity contribution in [1.82, 2.24) is 0 Å². The summed E-state index contributed by atoms with van der Waals surface area (Å²) in [7, 11) is 0. The van der Waals surface area contributed by atoms with Gasteiger partial charge in [-0.3, -0.25) is 0 Å². The third-order valence-corrected chi connectivity index (χ3v) is 4.23. The molecule has 0 aliphatic carbocycles. The van der Waals surface area contributed by atoms with Crippen molar-refractivity contribution in [2.24, 2.45) is 0 Å². The molecule has 2 nitrogen and oxygen atoms in total. The molecule has 0 amide bonds. The largest absolute Gasteiger partial charge is 0.457 e. The van der Waals surface area contributed by atoms with E-state index in [2.05, 4.69) is 20.4 Å². The van der Waals surface area contributed by atoms with Gasteiger partial charge in [0.15, 0.2) is 0 Å². The number of carbonyl (C=O) groups excluding carboxylic acids is 1. The van der Waals surface area contributed by atoms with Crippen LogP contribution in [-0.2, 0) is 9.53 Å². The van der Waals surface area contributed by atoms with Crippen LogP contribution >= 0.6 is 23.5 Å². The van der Waals surface area contributed by atoms with Crippen molar-refractivity contribution in [2.45, 2.75) is 18.4 Å². The molecule has 0 saturated heterocycles. The summed E-state index contributed by atoms with van der Waals surface area (Å²) in [6.07, 6.45) is 1.19. The van der Waals surface area contributed by atoms with E-state index in [-0.39, 0.29) is 5.97 Å². The fourth-order valence-corrected chi connectivity index (χ4v) is 3.60. The summed E-state index contributed by atoms with van der Waals surface area (Å²) >= 11 is 3.57. The normalized spacial score (nSPS) is 21.8.